The predicted octanol–water partition coefficient (Wildman–Crippen LogP) is 3.20. The molecule has 0 spiro atoms. The second-order valence-corrected chi connectivity index (χ2v) is 8.45. The van der Waals surface area contributed by atoms with Gasteiger partial charge in [0, 0.05) is 17.6 Å². The molecule has 1 heterocycles. The largest absolute Gasteiger partial charge is 0.465 e. The first-order valence-electron chi connectivity index (χ1n) is 8.73. The van der Waals surface area contributed by atoms with Crippen LogP contribution in [0.1, 0.15) is 22.1 Å². The van der Waals surface area contributed by atoms with Crippen molar-refractivity contribution in [2.45, 2.75) is 13.0 Å². The molecule has 30 heavy (non-hydrogen) atoms. The van der Waals surface area contributed by atoms with Crippen molar-refractivity contribution in [2.75, 3.05) is 17.7 Å². The molecular formula is C20H18F2N2O5S. The molecule has 158 valence electrons. The molecule has 0 bridgehead atoms. The van der Waals surface area contributed by atoms with E-state index >= 15 is 0 Å². The predicted molar refractivity (Wildman–Crippen MR) is 107 cm³/mol. The summed E-state index contributed by atoms with van der Waals surface area (Å²) in [5, 5.41) is 0.448. The van der Waals surface area contributed by atoms with E-state index in [1.54, 1.807) is 24.3 Å². The number of esters is 1. The van der Waals surface area contributed by atoms with E-state index in [0.29, 0.717) is 21.3 Å². The van der Waals surface area contributed by atoms with E-state index in [1.807, 2.05) is 0 Å². The topological polar surface area (TPSA) is 85.7 Å². The van der Waals surface area contributed by atoms with Crippen molar-refractivity contribution in [1.29, 1.82) is 0 Å². The molecule has 1 aromatic heterocycles. The summed E-state index contributed by atoms with van der Waals surface area (Å²) in [6.07, 6.45) is 2.12. The van der Waals surface area contributed by atoms with Crippen LogP contribution in [0.25, 0.3) is 10.9 Å². The standard InChI is InChI=1S/C20H18F2N2O5S/c1-12(24(30(3,27)28)13-8-9-16(21)17(22)10-13)19(25)23-11-15(20(26)29-2)14-6-4-5-7-18(14)23/h4-12H,1-3H3. The molecule has 2 aromatic carbocycles. The van der Waals surface area contributed by atoms with Gasteiger partial charge < -0.3 is 4.74 Å². The normalized spacial score (nSPS) is 12.6. The Hall–Kier alpha value is -3.27. The molecule has 0 saturated carbocycles. The number of halogens is 2. The van der Waals surface area contributed by atoms with Crippen molar-refractivity contribution in [2.24, 2.45) is 0 Å². The number of para-hydroxylation sites is 1. The van der Waals surface area contributed by atoms with Gasteiger partial charge in [-0.25, -0.2) is 22.0 Å². The first-order chi connectivity index (χ1) is 14.1. The zero-order valence-corrected chi connectivity index (χ0v) is 17.1. The van der Waals surface area contributed by atoms with Crippen molar-refractivity contribution < 1.29 is 31.5 Å². The number of rotatable bonds is 5. The quantitative estimate of drug-likeness (QED) is 0.574. The maximum absolute atomic E-state index is 13.7. The smallest absolute Gasteiger partial charge is 0.340 e. The number of hydrogen-bond donors (Lipinski definition) is 0. The van der Waals surface area contributed by atoms with Crippen LogP contribution in [0.3, 0.4) is 0 Å². The van der Waals surface area contributed by atoms with Crippen LogP contribution < -0.4 is 4.31 Å². The molecule has 0 aliphatic carbocycles. The molecule has 1 atom stereocenters. The van der Waals surface area contributed by atoms with Crippen molar-refractivity contribution in [3.8, 4) is 0 Å². The molecule has 0 fully saturated rings. The zero-order valence-electron chi connectivity index (χ0n) is 16.3. The van der Waals surface area contributed by atoms with Crippen molar-refractivity contribution in [3.63, 3.8) is 0 Å². The van der Waals surface area contributed by atoms with E-state index in [2.05, 4.69) is 0 Å². The fraction of sp³-hybridized carbons (Fsp3) is 0.200. The fourth-order valence-electron chi connectivity index (χ4n) is 3.26. The number of aromatic nitrogens is 1. The van der Waals surface area contributed by atoms with Crippen LogP contribution in [0, 0.1) is 11.6 Å². The molecule has 0 saturated heterocycles. The number of carbonyl (C=O) groups excluding carboxylic acids is 2. The first-order valence-corrected chi connectivity index (χ1v) is 10.6. The van der Waals surface area contributed by atoms with Gasteiger partial charge in [-0.05, 0) is 25.1 Å². The van der Waals surface area contributed by atoms with Gasteiger partial charge in [-0.2, -0.15) is 0 Å². The van der Waals surface area contributed by atoms with Crippen LogP contribution in [0.15, 0.2) is 48.7 Å². The van der Waals surface area contributed by atoms with E-state index in [9.17, 15) is 26.8 Å². The van der Waals surface area contributed by atoms with Gasteiger partial charge in [-0.1, -0.05) is 18.2 Å². The number of methoxy groups -OCH3 is 1. The lowest BCUT2D eigenvalue weighted by Gasteiger charge is -2.28. The number of anilines is 1. The minimum Gasteiger partial charge on any atom is -0.465 e. The van der Waals surface area contributed by atoms with Crippen LogP contribution in [0.2, 0.25) is 0 Å². The molecule has 1 unspecified atom stereocenters. The number of nitrogens with zero attached hydrogens (tertiary/aromatic N) is 2. The summed E-state index contributed by atoms with van der Waals surface area (Å²) < 4.78 is 58.4. The monoisotopic (exact) mass is 436 g/mol. The van der Waals surface area contributed by atoms with Gasteiger partial charge in [-0.3, -0.25) is 13.7 Å². The molecular weight excluding hydrogens is 418 g/mol. The van der Waals surface area contributed by atoms with E-state index in [4.69, 9.17) is 4.74 Å². The summed E-state index contributed by atoms with van der Waals surface area (Å²) in [4.78, 5) is 25.3. The van der Waals surface area contributed by atoms with Gasteiger partial charge in [0.15, 0.2) is 11.6 Å². The lowest BCUT2D eigenvalue weighted by molar-refractivity contribution is 0.0603. The molecule has 0 N–H and O–H groups in total. The average Bonchev–Trinajstić information content (AvgIpc) is 3.08. The Morgan fingerprint density at radius 2 is 1.77 bits per heavy atom. The molecule has 0 amide bonds. The van der Waals surface area contributed by atoms with Crippen LogP contribution in [0.5, 0.6) is 0 Å². The van der Waals surface area contributed by atoms with Gasteiger partial charge in [0.25, 0.3) is 5.91 Å². The molecule has 10 heteroatoms. The third-order valence-corrected chi connectivity index (χ3v) is 5.82. The van der Waals surface area contributed by atoms with Gasteiger partial charge in [0.1, 0.15) is 6.04 Å². The van der Waals surface area contributed by atoms with E-state index in [-0.39, 0.29) is 11.3 Å². The molecule has 0 aliphatic rings. The van der Waals surface area contributed by atoms with E-state index in [1.165, 1.54) is 20.2 Å². The zero-order chi connectivity index (χ0) is 22.2. The summed E-state index contributed by atoms with van der Waals surface area (Å²) >= 11 is 0. The van der Waals surface area contributed by atoms with Crippen LogP contribution in [0.4, 0.5) is 14.5 Å². The third-order valence-electron chi connectivity index (χ3n) is 4.58. The Balaban J connectivity index is 2.13. The van der Waals surface area contributed by atoms with Crippen molar-refractivity contribution >= 4 is 38.5 Å². The molecule has 3 rings (SSSR count). The third kappa shape index (κ3) is 3.78. The summed E-state index contributed by atoms with van der Waals surface area (Å²) in [7, 11) is -2.85. The number of benzene rings is 2. The lowest BCUT2D eigenvalue weighted by atomic mass is 10.2. The van der Waals surface area contributed by atoms with Crippen LogP contribution >= 0.6 is 0 Å². The highest BCUT2D eigenvalue weighted by atomic mass is 32.2. The summed E-state index contributed by atoms with van der Waals surface area (Å²) in [5.41, 5.74) is 0.294. The van der Waals surface area contributed by atoms with Gasteiger partial charge in [-0.15, -0.1) is 0 Å². The minimum atomic E-state index is -4.05. The van der Waals surface area contributed by atoms with Crippen LogP contribution in [-0.4, -0.2) is 44.3 Å². The second-order valence-electron chi connectivity index (χ2n) is 6.59. The SMILES string of the molecule is COC(=O)c1cn(C(=O)C(C)N(c2ccc(F)c(F)c2)S(C)(=O)=O)c2ccccc12. The molecule has 3 aromatic rings. The van der Waals surface area contributed by atoms with Gasteiger partial charge in [0.2, 0.25) is 10.0 Å². The Labute approximate surface area is 171 Å². The number of ether oxygens (including phenoxy) is 1. The Morgan fingerprint density at radius 1 is 1.10 bits per heavy atom. The maximum atomic E-state index is 13.7. The number of sulfonamides is 1. The summed E-state index contributed by atoms with van der Waals surface area (Å²) in [6.45, 7) is 1.32. The number of fused-ring (bicyclic) bond motifs is 1. The van der Waals surface area contributed by atoms with Gasteiger partial charge >= 0.3 is 5.97 Å². The highest BCUT2D eigenvalue weighted by Crippen LogP contribution is 2.27. The summed E-state index contributed by atoms with van der Waals surface area (Å²) in [6, 6.07) is 7.77. The van der Waals surface area contributed by atoms with Crippen LogP contribution in [-0.2, 0) is 14.8 Å². The van der Waals surface area contributed by atoms with Crippen molar-refractivity contribution in [1.82, 2.24) is 4.57 Å². The average molecular weight is 436 g/mol. The highest BCUT2D eigenvalue weighted by molar-refractivity contribution is 7.92. The maximum Gasteiger partial charge on any atom is 0.340 e. The Kier molecular flexibility index (Phi) is 5.62. The second kappa shape index (κ2) is 7.86. The Bertz CT molecular complexity index is 1250. The molecule has 0 radical (unpaired) electrons. The molecule has 7 nitrogen and oxygen atoms in total. The van der Waals surface area contributed by atoms with E-state index < -0.39 is 39.6 Å². The number of hydrogen-bond acceptors (Lipinski definition) is 5. The molecule has 0 aliphatic heterocycles. The minimum absolute atomic E-state index is 0.132. The lowest BCUT2D eigenvalue weighted by Crippen LogP contribution is -2.44. The summed E-state index contributed by atoms with van der Waals surface area (Å²) in [5.74, 6) is -3.76. The number of carbonyl (C=O) groups is 2. The first kappa shape index (κ1) is 21.4. The Morgan fingerprint density at radius 3 is 2.37 bits per heavy atom. The van der Waals surface area contributed by atoms with E-state index in [0.717, 1.165) is 23.0 Å². The van der Waals surface area contributed by atoms with Gasteiger partial charge in [0.05, 0.1) is 30.1 Å². The fourth-order valence-corrected chi connectivity index (χ4v) is 4.42. The van der Waals surface area contributed by atoms with Crippen molar-refractivity contribution in [3.05, 3.63) is 65.9 Å². The highest BCUT2D eigenvalue weighted by Gasteiger charge is 2.32.